The number of hydrogen-bond donors (Lipinski definition) is 1. The minimum absolute atomic E-state index is 0.0345. The van der Waals surface area contributed by atoms with Crippen LogP contribution in [0.25, 0.3) is 10.9 Å². The zero-order valence-corrected chi connectivity index (χ0v) is 18.1. The lowest BCUT2D eigenvalue weighted by Crippen LogP contribution is -2.37. The number of fused-ring (bicyclic) bond motifs is 1. The summed E-state index contributed by atoms with van der Waals surface area (Å²) in [6, 6.07) is 14.8. The Kier molecular flexibility index (Phi) is 5.93. The van der Waals surface area contributed by atoms with E-state index in [0.29, 0.717) is 35.6 Å². The SMILES string of the molecule is CC1CCN(S(=O)(=O)c2ccc(NC(=O)Cn3ccc(=O)c4ccccc43)cc2)CC1. The second-order valence-corrected chi connectivity index (χ2v) is 9.92. The van der Waals surface area contributed by atoms with Crippen molar-refractivity contribution in [3.63, 3.8) is 0 Å². The van der Waals surface area contributed by atoms with E-state index in [1.54, 1.807) is 41.1 Å². The minimum Gasteiger partial charge on any atom is -0.338 e. The second kappa shape index (κ2) is 8.64. The molecule has 0 radical (unpaired) electrons. The largest absolute Gasteiger partial charge is 0.338 e. The van der Waals surface area contributed by atoms with Crippen molar-refractivity contribution in [2.24, 2.45) is 5.92 Å². The zero-order chi connectivity index (χ0) is 22.0. The Labute approximate surface area is 181 Å². The van der Waals surface area contributed by atoms with E-state index in [9.17, 15) is 18.0 Å². The number of benzene rings is 2. The van der Waals surface area contributed by atoms with E-state index in [1.807, 2.05) is 6.07 Å². The average molecular weight is 440 g/mol. The Hall–Kier alpha value is -2.97. The molecular weight excluding hydrogens is 414 g/mol. The first kappa shape index (κ1) is 21.3. The van der Waals surface area contributed by atoms with E-state index in [1.165, 1.54) is 22.5 Å². The van der Waals surface area contributed by atoms with Crippen LogP contribution in [-0.4, -0.2) is 36.3 Å². The van der Waals surface area contributed by atoms with E-state index in [2.05, 4.69) is 12.2 Å². The Balaban J connectivity index is 1.45. The molecule has 1 aliphatic heterocycles. The molecule has 0 aliphatic carbocycles. The van der Waals surface area contributed by atoms with Gasteiger partial charge in [-0.25, -0.2) is 8.42 Å². The molecule has 1 fully saturated rings. The number of amides is 1. The molecule has 4 rings (SSSR count). The van der Waals surface area contributed by atoms with Gasteiger partial charge in [0, 0.05) is 36.4 Å². The number of piperidine rings is 1. The predicted octanol–water partition coefficient (Wildman–Crippen LogP) is 3.06. The summed E-state index contributed by atoms with van der Waals surface area (Å²) in [5.74, 6) is 0.276. The molecule has 0 atom stereocenters. The summed E-state index contributed by atoms with van der Waals surface area (Å²) >= 11 is 0. The highest BCUT2D eigenvalue weighted by Crippen LogP contribution is 2.24. The predicted molar refractivity (Wildman–Crippen MR) is 120 cm³/mol. The number of sulfonamides is 1. The standard InChI is InChI=1S/C23H25N3O4S/c1-17-10-14-26(15-11-17)31(29,30)19-8-6-18(7-9-19)24-23(28)16-25-13-12-22(27)20-4-2-3-5-21(20)25/h2-9,12-13,17H,10-11,14-16H2,1H3,(H,24,28). The number of nitrogens with zero attached hydrogens (tertiary/aromatic N) is 2. The van der Waals surface area contributed by atoms with Gasteiger partial charge < -0.3 is 9.88 Å². The van der Waals surface area contributed by atoms with Gasteiger partial charge in [-0.05, 0) is 55.2 Å². The van der Waals surface area contributed by atoms with Crippen LogP contribution in [0.5, 0.6) is 0 Å². The molecule has 8 heteroatoms. The van der Waals surface area contributed by atoms with Gasteiger partial charge in [-0.1, -0.05) is 19.1 Å². The van der Waals surface area contributed by atoms with Crippen molar-refractivity contribution in [2.45, 2.75) is 31.2 Å². The fraction of sp³-hybridized carbons (Fsp3) is 0.304. The first-order valence-corrected chi connectivity index (χ1v) is 11.8. The first-order valence-electron chi connectivity index (χ1n) is 10.3. The fourth-order valence-electron chi connectivity index (χ4n) is 3.84. The van der Waals surface area contributed by atoms with Crippen LogP contribution in [0.4, 0.5) is 5.69 Å². The van der Waals surface area contributed by atoms with E-state index >= 15 is 0 Å². The number of nitrogens with one attached hydrogen (secondary N) is 1. The summed E-state index contributed by atoms with van der Waals surface area (Å²) in [5.41, 5.74) is 1.11. The highest BCUT2D eigenvalue weighted by molar-refractivity contribution is 7.89. The summed E-state index contributed by atoms with van der Waals surface area (Å²) < 4.78 is 28.9. The maximum atomic E-state index is 12.8. The van der Waals surface area contributed by atoms with Gasteiger partial charge in [-0.15, -0.1) is 0 Å². The second-order valence-electron chi connectivity index (χ2n) is 7.98. The summed E-state index contributed by atoms with van der Waals surface area (Å²) in [5, 5.41) is 3.34. The number of carbonyl (C=O) groups excluding carboxylic acids is 1. The van der Waals surface area contributed by atoms with Crippen LogP contribution in [0.3, 0.4) is 0 Å². The van der Waals surface area contributed by atoms with Crippen molar-refractivity contribution in [3.8, 4) is 0 Å². The third kappa shape index (κ3) is 4.55. The van der Waals surface area contributed by atoms with E-state index in [0.717, 1.165) is 12.8 Å². The smallest absolute Gasteiger partial charge is 0.244 e. The molecule has 3 aromatic rings. The molecule has 2 aromatic carbocycles. The molecule has 0 spiro atoms. The summed E-state index contributed by atoms with van der Waals surface area (Å²) in [4.78, 5) is 24.7. The highest BCUT2D eigenvalue weighted by Gasteiger charge is 2.27. The third-order valence-corrected chi connectivity index (χ3v) is 7.63. The van der Waals surface area contributed by atoms with Crippen LogP contribution < -0.4 is 10.7 Å². The molecule has 1 saturated heterocycles. The summed E-state index contributed by atoms with van der Waals surface area (Å²) in [6.07, 6.45) is 3.33. The number of carbonyl (C=O) groups is 1. The molecule has 1 aliphatic rings. The van der Waals surface area contributed by atoms with Crippen LogP contribution in [0.2, 0.25) is 0 Å². The van der Waals surface area contributed by atoms with Gasteiger partial charge in [0.1, 0.15) is 6.54 Å². The Morgan fingerprint density at radius 3 is 2.42 bits per heavy atom. The molecule has 2 heterocycles. The number of hydrogen-bond acceptors (Lipinski definition) is 4. The molecule has 0 unspecified atom stereocenters. The number of rotatable bonds is 5. The van der Waals surface area contributed by atoms with E-state index < -0.39 is 10.0 Å². The van der Waals surface area contributed by atoms with Crippen LogP contribution >= 0.6 is 0 Å². The van der Waals surface area contributed by atoms with Crippen LogP contribution in [0, 0.1) is 5.92 Å². The topological polar surface area (TPSA) is 88.5 Å². The first-order chi connectivity index (χ1) is 14.8. The number of anilines is 1. The molecule has 0 saturated carbocycles. The molecule has 7 nitrogen and oxygen atoms in total. The number of para-hydroxylation sites is 1. The van der Waals surface area contributed by atoms with Crippen molar-refractivity contribution < 1.29 is 13.2 Å². The molecule has 0 bridgehead atoms. The maximum absolute atomic E-state index is 12.8. The van der Waals surface area contributed by atoms with Gasteiger partial charge >= 0.3 is 0 Å². The monoisotopic (exact) mass is 439 g/mol. The average Bonchev–Trinajstić information content (AvgIpc) is 2.76. The molecular formula is C23H25N3O4S. The lowest BCUT2D eigenvalue weighted by Gasteiger charge is -2.29. The van der Waals surface area contributed by atoms with Gasteiger partial charge in [0.25, 0.3) is 0 Å². The summed E-state index contributed by atoms with van der Waals surface area (Å²) in [7, 11) is -3.52. The third-order valence-electron chi connectivity index (χ3n) is 5.72. The van der Waals surface area contributed by atoms with Crippen LogP contribution in [0.1, 0.15) is 19.8 Å². The normalized spacial score (nSPS) is 15.8. The van der Waals surface area contributed by atoms with Crippen LogP contribution in [0.15, 0.2) is 70.5 Å². The van der Waals surface area contributed by atoms with Crippen molar-refractivity contribution in [1.29, 1.82) is 0 Å². The minimum atomic E-state index is -3.52. The Bertz CT molecular complexity index is 1260. The molecule has 1 aromatic heterocycles. The molecule has 31 heavy (non-hydrogen) atoms. The van der Waals surface area contributed by atoms with Gasteiger partial charge in [0.2, 0.25) is 15.9 Å². The molecule has 1 amide bonds. The van der Waals surface area contributed by atoms with Gasteiger partial charge in [-0.2, -0.15) is 4.31 Å². The van der Waals surface area contributed by atoms with E-state index in [-0.39, 0.29) is 22.8 Å². The Morgan fingerprint density at radius 1 is 1.03 bits per heavy atom. The Morgan fingerprint density at radius 2 is 1.71 bits per heavy atom. The highest BCUT2D eigenvalue weighted by atomic mass is 32.2. The van der Waals surface area contributed by atoms with Crippen LogP contribution in [-0.2, 0) is 21.4 Å². The van der Waals surface area contributed by atoms with E-state index in [4.69, 9.17) is 0 Å². The quantitative estimate of drug-likeness (QED) is 0.662. The molecule has 162 valence electrons. The number of aromatic nitrogens is 1. The lowest BCUT2D eigenvalue weighted by molar-refractivity contribution is -0.116. The lowest BCUT2D eigenvalue weighted by atomic mass is 10.0. The maximum Gasteiger partial charge on any atom is 0.244 e. The molecule has 1 N–H and O–H groups in total. The van der Waals surface area contributed by atoms with Crippen molar-refractivity contribution >= 4 is 32.5 Å². The van der Waals surface area contributed by atoms with Gasteiger partial charge in [0.15, 0.2) is 5.43 Å². The summed E-state index contributed by atoms with van der Waals surface area (Å²) in [6.45, 7) is 3.25. The number of pyridine rings is 1. The zero-order valence-electron chi connectivity index (χ0n) is 17.3. The van der Waals surface area contributed by atoms with Gasteiger partial charge in [0.05, 0.1) is 10.4 Å². The van der Waals surface area contributed by atoms with Gasteiger partial charge in [-0.3, -0.25) is 9.59 Å². The van der Waals surface area contributed by atoms with Crippen molar-refractivity contribution in [2.75, 3.05) is 18.4 Å². The van der Waals surface area contributed by atoms with Crippen molar-refractivity contribution in [1.82, 2.24) is 8.87 Å². The fourth-order valence-corrected chi connectivity index (χ4v) is 5.31. The van der Waals surface area contributed by atoms with Crippen molar-refractivity contribution in [3.05, 3.63) is 71.0 Å².